The number of phenols is 1. The first kappa shape index (κ1) is 27.0. The Labute approximate surface area is 190 Å². The van der Waals surface area contributed by atoms with Gasteiger partial charge >= 0.3 is 12.1 Å². The average Bonchev–Trinajstić information content (AvgIpc) is 2.70. The van der Waals surface area contributed by atoms with Crippen molar-refractivity contribution in [2.75, 3.05) is 6.61 Å². The van der Waals surface area contributed by atoms with Crippen LogP contribution in [0, 0.1) is 5.92 Å². The quantitative estimate of drug-likeness (QED) is 0.373. The Morgan fingerprint density at radius 3 is 2.25 bits per heavy atom. The molecule has 0 fully saturated rings. The number of aromatic hydroxyl groups is 1. The van der Waals surface area contributed by atoms with Gasteiger partial charge in [-0.3, -0.25) is 4.79 Å². The van der Waals surface area contributed by atoms with E-state index in [2.05, 4.69) is 10.6 Å². The molecule has 3 atom stereocenters. The van der Waals surface area contributed by atoms with E-state index in [1.807, 2.05) is 13.8 Å². The molecule has 0 aromatic heterocycles. The van der Waals surface area contributed by atoms with E-state index in [9.17, 15) is 19.5 Å². The van der Waals surface area contributed by atoms with Crippen molar-refractivity contribution in [3.8, 4) is 5.75 Å². The van der Waals surface area contributed by atoms with Crippen LogP contribution in [0.4, 0.5) is 4.79 Å². The lowest BCUT2D eigenvalue weighted by molar-refractivity contribution is -0.137. The lowest BCUT2D eigenvalue weighted by Gasteiger charge is -2.27. The highest BCUT2D eigenvalue weighted by atomic mass is 16.6. The second kappa shape index (κ2) is 12.7. The van der Waals surface area contributed by atoms with Crippen LogP contribution in [0.3, 0.4) is 0 Å². The Bertz CT molecular complexity index is 783. The maximum Gasteiger partial charge on any atom is 0.408 e. The SMILES string of the molecule is CCOC(=O)/C=C/[C@H](Cc1ccc(O)cc1)NC(=O)[C@@H](NC(=O)OC(C)(C)C)[C@@H](C)CC. The Balaban J connectivity index is 3.02. The molecule has 32 heavy (non-hydrogen) atoms. The summed E-state index contributed by atoms with van der Waals surface area (Å²) in [5, 5.41) is 15.1. The molecule has 0 radical (unpaired) electrons. The molecule has 0 aliphatic carbocycles. The van der Waals surface area contributed by atoms with E-state index in [-0.39, 0.29) is 24.2 Å². The molecule has 0 bridgehead atoms. The van der Waals surface area contributed by atoms with E-state index in [0.717, 1.165) is 5.56 Å². The zero-order valence-corrected chi connectivity index (χ0v) is 19.8. The Morgan fingerprint density at radius 2 is 1.72 bits per heavy atom. The number of rotatable bonds is 10. The second-order valence-electron chi connectivity index (χ2n) is 8.61. The highest BCUT2D eigenvalue weighted by Gasteiger charge is 2.29. The minimum Gasteiger partial charge on any atom is -0.508 e. The predicted octanol–water partition coefficient (Wildman–Crippen LogP) is 3.48. The molecule has 0 heterocycles. The van der Waals surface area contributed by atoms with Crippen LogP contribution in [0.1, 0.15) is 53.5 Å². The molecule has 0 saturated carbocycles. The molecule has 2 amide bonds. The summed E-state index contributed by atoms with van der Waals surface area (Å²) in [5.74, 6) is -0.911. The average molecular weight is 449 g/mol. The Kier molecular flexibility index (Phi) is 10.7. The van der Waals surface area contributed by atoms with Gasteiger partial charge in [-0.25, -0.2) is 9.59 Å². The summed E-state index contributed by atoms with van der Waals surface area (Å²) >= 11 is 0. The van der Waals surface area contributed by atoms with Gasteiger partial charge in [-0.15, -0.1) is 0 Å². The van der Waals surface area contributed by atoms with Gasteiger partial charge < -0.3 is 25.2 Å². The summed E-state index contributed by atoms with van der Waals surface area (Å²) in [5.41, 5.74) is 0.159. The van der Waals surface area contributed by atoms with Crippen LogP contribution >= 0.6 is 0 Å². The second-order valence-corrected chi connectivity index (χ2v) is 8.61. The van der Waals surface area contributed by atoms with Gasteiger partial charge in [0.1, 0.15) is 17.4 Å². The summed E-state index contributed by atoms with van der Waals surface area (Å²) in [4.78, 5) is 37.1. The first-order valence-corrected chi connectivity index (χ1v) is 10.9. The zero-order chi connectivity index (χ0) is 24.3. The van der Waals surface area contributed by atoms with Crippen LogP contribution in [-0.4, -0.2) is 47.4 Å². The fourth-order valence-electron chi connectivity index (χ4n) is 2.85. The fraction of sp³-hybridized carbons (Fsp3) is 0.542. The zero-order valence-electron chi connectivity index (χ0n) is 19.8. The van der Waals surface area contributed by atoms with E-state index in [1.165, 1.54) is 6.08 Å². The minimum atomic E-state index is -0.812. The van der Waals surface area contributed by atoms with E-state index < -0.39 is 29.7 Å². The van der Waals surface area contributed by atoms with E-state index in [1.54, 1.807) is 58.0 Å². The molecule has 0 spiro atoms. The normalized spacial score (nSPS) is 14.3. The third-order valence-electron chi connectivity index (χ3n) is 4.64. The van der Waals surface area contributed by atoms with Crippen LogP contribution in [0.25, 0.3) is 0 Å². The van der Waals surface area contributed by atoms with Crippen molar-refractivity contribution in [1.29, 1.82) is 0 Å². The molecule has 1 rings (SSSR count). The van der Waals surface area contributed by atoms with Crippen LogP contribution in [-0.2, 0) is 25.5 Å². The molecule has 1 aromatic carbocycles. The van der Waals surface area contributed by atoms with Crippen molar-refractivity contribution >= 4 is 18.0 Å². The molecule has 178 valence electrons. The first-order valence-electron chi connectivity index (χ1n) is 10.9. The van der Waals surface area contributed by atoms with Crippen molar-refractivity contribution < 1.29 is 29.0 Å². The number of phenolic OH excluding ortho intramolecular Hbond substituents is 1. The summed E-state index contributed by atoms with van der Waals surface area (Å²) in [6, 6.07) is 5.22. The van der Waals surface area contributed by atoms with Gasteiger partial charge in [0.25, 0.3) is 0 Å². The van der Waals surface area contributed by atoms with Crippen LogP contribution in [0.2, 0.25) is 0 Å². The van der Waals surface area contributed by atoms with Gasteiger partial charge in [0, 0.05) is 6.08 Å². The topological polar surface area (TPSA) is 114 Å². The standard InChI is InChI=1S/C24H36N2O6/c1-7-16(3)21(26-23(30)32-24(4,5)6)22(29)25-18(11-14-20(28)31-8-2)15-17-9-12-19(27)13-10-17/h9-14,16,18,21,27H,7-8,15H2,1-6H3,(H,25,29)(H,26,30)/b14-11+/t16-,18+,21-/m0/s1. The van der Waals surface area contributed by atoms with E-state index >= 15 is 0 Å². The number of amides is 2. The van der Waals surface area contributed by atoms with Gasteiger partial charge in [-0.2, -0.15) is 0 Å². The van der Waals surface area contributed by atoms with Crippen LogP contribution < -0.4 is 10.6 Å². The van der Waals surface area contributed by atoms with Gasteiger partial charge in [0.05, 0.1) is 12.6 Å². The summed E-state index contributed by atoms with van der Waals surface area (Å²) in [6.45, 7) is 11.0. The van der Waals surface area contributed by atoms with E-state index in [4.69, 9.17) is 9.47 Å². The van der Waals surface area contributed by atoms with Crippen LogP contribution in [0.5, 0.6) is 5.75 Å². The molecule has 0 aliphatic rings. The van der Waals surface area contributed by atoms with Gasteiger partial charge in [0.2, 0.25) is 5.91 Å². The third-order valence-corrected chi connectivity index (χ3v) is 4.64. The Hall–Kier alpha value is -3.03. The third kappa shape index (κ3) is 10.3. The molecule has 0 unspecified atom stereocenters. The lowest BCUT2D eigenvalue weighted by Crippen LogP contribution is -2.53. The van der Waals surface area contributed by atoms with Crippen LogP contribution in [0.15, 0.2) is 36.4 Å². The molecule has 0 saturated heterocycles. The molecular formula is C24H36N2O6. The number of nitrogens with one attached hydrogen (secondary N) is 2. The van der Waals surface area contributed by atoms with Crippen molar-refractivity contribution in [1.82, 2.24) is 10.6 Å². The van der Waals surface area contributed by atoms with Gasteiger partial charge in [0.15, 0.2) is 0 Å². The summed E-state index contributed by atoms with van der Waals surface area (Å²) in [6.07, 6.45) is 3.20. The van der Waals surface area contributed by atoms with Crippen molar-refractivity contribution in [2.45, 2.75) is 72.1 Å². The number of carbonyl (C=O) groups is 3. The van der Waals surface area contributed by atoms with Crippen molar-refractivity contribution in [3.63, 3.8) is 0 Å². The van der Waals surface area contributed by atoms with Crippen molar-refractivity contribution in [3.05, 3.63) is 42.0 Å². The number of benzene rings is 1. The molecular weight excluding hydrogens is 412 g/mol. The number of esters is 1. The number of carbonyl (C=O) groups excluding carboxylic acids is 3. The maximum absolute atomic E-state index is 13.1. The fourth-order valence-corrected chi connectivity index (χ4v) is 2.85. The molecule has 8 nitrogen and oxygen atoms in total. The number of alkyl carbamates (subject to hydrolysis) is 1. The predicted molar refractivity (Wildman–Crippen MR) is 122 cm³/mol. The summed E-state index contributed by atoms with van der Waals surface area (Å²) in [7, 11) is 0. The highest BCUT2D eigenvalue weighted by Crippen LogP contribution is 2.14. The number of hydrogen-bond acceptors (Lipinski definition) is 6. The monoisotopic (exact) mass is 448 g/mol. The number of hydrogen-bond donors (Lipinski definition) is 3. The first-order chi connectivity index (χ1) is 14.9. The largest absolute Gasteiger partial charge is 0.508 e. The maximum atomic E-state index is 13.1. The van der Waals surface area contributed by atoms with Gasteiger partial charge in [-0.05, 0) is 57.7 Å². The molecule has 8 heteroatoms. The smallest absolute Gasteiger partial charge is 0.408 e. The molecule has 3 N–H and O–H groups in total. The van der Waals surface area contributed by atoms with Gasteiger partial charge in [-0.1, -0.05) is 38.5 Å². The van der Waals surface area contributed by atoms with Crippen molar-refractivity contribution in [2.24, 2.45) is 5.92 Å². The summed E-state index contributed by atoms with van der Waals surface area (Å²) < 4.78 is 10.2. The molecule has 0 aliphatic heterocycles. The highest BCUT2D eigenvalue weighted by molar-refractivity contribution is 5.87. The minimum absolute atomic E-state index is 0.134. The lowest BCUT2D eigenvalue weighted by atomic mass is 9.97. The van der Waals surface area contributed by atoms with E-state index in [0.29, 0.717) is 12.8 Å². The molecule has 1 aromatic rings. The number of ether oxygens (including phenoxy) is 2. The Morgan fingerprint density at radius 1 is 1.09 bits per heavy atom.